The third kappa shape index (κ3) is 7.76. The number of hydrogen-bond acceptors (Lipinski definition) is 4. The Labute approximate surface area is 152 Å². The summed E-state index contributed by atoms with van der Waals surface area (Å²) in [5.41, 5.74) is -0.427. The van der Waals surface area contributed by atoms with E-state index in [-0.39, 0.29) is 11.7 Å². The van der Waals surface area contributed by atoms with Crippen molar-refractivity contribution in [2.45, 2.75) is 104 Å². The van der Waals surface area contributed by atoms with Gasteiger partial charge in [0.2, 0.25) is 5.78 Å². The number of ether oxygens (including phenoxy) is 1. The normalized spacial score (nSPS) is 18.7. The Morgan fingerprint density at radius 2 is 1.68 bits per heavy atom. The second-order valence-corrected chi connectivity index (χ2v) is 8.43. The number of rotatable bonds is 8. The molecule has 1 saturated carbocycles. The van der Waals surface area contributed by atoms with Gasteiger partial charge >= 0.3 is 6.09 Å². The van der Waals surface area contributed by atoms with Crippen molar-refractivity contribution in [1.29, 1.82) is 0 Å². The molecule has 0 bridgehead atoms. The fourth-order valence-electron chi connectivity index (χ4n) is 3.57. The Hall–Kier alpha value is -1.10. The Morgan fingerprint density at radius 3 is 2.16 bits per heavy atom. The number of nitrogens with one attached hydrogen (secondary N) is 1. The molecule has 0 aromatic carbocycles. The lowest BCUT2D eigenvalue weighted by Gasteiger charge is -2.29. The third-order valence-corrected chi connectivity index (χ3v) is 5.10. The van der Waals surface area contributed by atoms with Gasteiger partial charge in [0.25, 0.3) is 0 Å². The van der Waals surface area contributed by atoms with Crippen LogP contribution in [-0.2, 0) is 9.53 Å². The zero-order chi connectivity index (χ0) is 19.0. The molecule has 1 aliphatic carbocycles. The second kappa shape index (κ2) is 10.1. The fourth-order valence-corrected chi connectivity index (χ4v) is 3.57. The zero-order valence-corrected chi connectivity index (χ0v) is 16.6. The summed E-state index contributed by atoms with van der Waals surface area (Å²) in [7, 11) is 0. The van der Waals surface area contributed by atoms with E-state index in [1.807, 2.05) is 34.6 Å². The number of amides is 1. The van der Waals surface area contributed by atoms with Crippen LogP contribution in [0.5, 0.6) is 0 Å². The number of aliphatic hydroxyl groups is 1. The Balaban J connectivity index is 2.81. The number of ketones is 1. The summed E-state index contributed by atoms with van der Waals surface area (Å²) in [6.07, 6.45) is 5.16. The first kappa shape index (κ1) is 21.9. The van der Waals surface area contributed by atoms with Gasteiger partial charge in [0.05, 0.1) is 0 Å². The van der Waals surface area contributed by atoms with E-state index >= 15 is 0 Å². The van der Waals surface area contributed by atoms with Crippen molar-refractivity contribution >= 4 is 11.9 Å². The molecule has 0 aromatic rings. The summed E-state index contributed by atoms with van der Waals surface area (Å²) >= 11 is 0. The lowest BCUT2D eigenvalue weighted by atomic mass is 9.82. The van der Waals surface area contributed by atoms with Crippen molar-refractivity contribution in [2.75, 3.05) is 0 Å². The largest absolute Gasteiger partial charge is 0.438 e. The minimum absolute atomic E-state index is 0.0874. The van der Waals surface area contributed by atoms with E-state index < -0.39 is 23.8 Å². The number of carbonyl (C=O) groups excluding carboxylic acids is 2. The van der Waals surface area contributed by atoms with Crippen LogP contribution < -0.4 is 5.32 Å². The van der Waals surface area contributed by atoms with E-state index in [0.717, 1.165) is 38.5 Å². The van der Waals surface area contributed by atoms with Crippen molar-refractivity contribution in [3.8, 4) is 0 Å². The molecular formula is C20H37NO4. The smallest absolute Gasteiger partial charge is 0.408 e. The highest BCUT2D eigenvalue weighted by Crippen LogP contribution is 2.29. The minimum Gasteiger partial charge on any atom is -0.438 e. The topological polar surface area (TPSA) is 75.6 Å². The Kier molecular flexibility index (Phi) is 8.91. The number of carbonyl (C=O) groups is 2. The number of Topliss-reactive ketones (excluding diaryl/α,β-unsaturated/α-hetero) is 1. The van der Waals surface area contributed by atoms with Gasteiger partial charge in [-0.3, -0.25) is 4.79 Å². The molecule has 1 fully saturated rings. The van der Waals surface area contributed by atoms with Crippen LogP contribution in [0.3, 0.4) is 0 Å². The van der Waals surface area contributed by atoms with Gasteiger partial charge in [0, 0.05) is 5.54 Å². The molecule has 0 spiro atoms. The third-order valence-electron chi connectivity index (χ3n) is 5.10. The lowest BCUT2D eigenvalue weighted by molar-refractivity contribution is -0.140. The summed E-state index contributed by atoms with van der Waals surface area (Å²) in [5.74, 6) is -0.0435. The molecule has 2 atom stereocenters. The highest BCUT2D eigenvalue weighted by molar-refractivity contribution is 5.89. The van der Waals surface area contributed by atoms with Gasteiger partial charge in [-0.25, -0.2) is 4.79 Å². The van der Waals surface area contributed by atoms with Crippen LogP contribution in [0.2, 0.25) is 0 Å². The SMILES string of the molecule is CCC(CC)C(O)C(=O)[C@H](CC1CCCCC1)OC(=O)NC(C)(C)C. The Bertz CT molecular complexity index is 420. The molecule has 0 aliphatic heterocycles. The molecule has 25 heavy (non-hydrogen) atoms. The van der Waals surface area contributed by atoms with Gasteiger partial charge in [-0.2, -0.15) is 0 Å². The van der Waals surface area contributed by atoms with E-state index in [2.05, 4.69) is 5.32 Å². The van der Waals surface area contributed by atoms with Crippen molar-refractivity contribution in [3.63, 3.8) is 0 Å². The summed E-state index contributed by atoms with van der Waals surface area (Å²) in [4.78, 5) is 25.0. The van der Waals surface area contributed by atoms with Gasteiger partial charge in [-0.15, -0.1) is 0 Å². The van der Waals surface area contributed by atoms with Crippen LogP contribution in [0.25, 0.3) is 0 Å². The molecule has 146 valence electrons. The molecule has 5 nitrogen and oxygen atoms in total. The van der Waals surface area contributed by atoms with Crippen molar-refractivity contribution in [3.05, 3.63) is 0 Å². The van der Waals surface area contributed by atoms with Gasteiger partial charge < -0.3 is 15.2 Å². The average molecular weight is 356 g/mol. The summed E-state index contributed by atoms with van der Waals surface area (Å²) < 4.78 is 5.49. The quantitative estimate of drug-likeness (QED) is 0.683. The van der Waals surface area contributed by atoms with E-state index in [4.69, 9.17) is 4.74 Å². The predicted molar refractivity (Wildman–Crippen MR) is 99.4 cm³/mol. The summed E-state index contributed by atoms with van der Waals surface area (Å²) in [5, 5.41) is 13.2. The van der Waals surface area contributed by atoms with Crippen LogP contribution in [0.15, 0.2) is 0 Å². The first-order valence-electron chi connectivity index (χ1n) is 9.88. The van der Waals surface area contributed by atoms with Crippen LogP contribution >= 0.6 is 0 Å². The van der Waals surface area contributed by atoms with Gasteiger partial charge in [0.1, 0.15) is 6.10 Å². The number of hydrogen-bond donors (Lipinski definition) is 2. The molecule has 0 radical (unpaired) electrons. The standard InChI is InChI=1S/C20H37NO4/c1-6-15(7-2)17(22)18(23)16(13-14-11-9-8-10-12-14)25-19(24)21-20(3,4)5/h14-17,22H,6-13H2,1-5H3,(H,21,24)/t16-,17?/m0/s1. The van der Waals surface area contributed by atoms with Crippen molar-refractivity contribution in [1.82, 2.24) is 5.32 Å². The van der Waals surface area contributed by atoms with Crippen LogP contribution in [0, 0.1) is 11.8 Å². The average Bonchev–Trinajstić information content (AvgIpc) is 2.53. The molecule has 1 amide bonds. The van der Waals surface area contributed by atoms with Gasteiger partial charge in [-0.1, -0.05) is 58.8 Å². The van der Waals surface area contributed by atoms with Gasteiger partial charge in [-0.05, 0) is 39.0 Å². The van der Waals surface area contributed by atoms with Crippen LogP contribution in [0.1, 0.15) is 86.0 Å². The molecule has 5 heteroatoms. The molecular weight excluding hydrogens is 318 g/mol. The van der Waals surface area contributed by atoms with Crippen LogP contribution in [-0.4, -0.2) is 34.7 Å². The van der Waals surface area contributed by atoms with E-state index in [1.165, 1.54) is 6.42 Å². The molecule has 1 rings (SSSR count). The molecule has 1 aliphatic rings. The highest BCUT2D eigenvalue weighted by Gasteiger charge is 2.35. The van der Waals surface area contributed by atoms with E-state index in [1.54, 1.807) is 0 Å². The molecule has 0 heterocycles. The van der Waals surface area contributed by atoms with Crippen molar-refractivity contribution < 1.29 is 19.4 Å². The molecule has 1 unspecified atom stereocenters. The molecule has 0 aromatic heterocycles. The van der Waals surface area contributed by atoms with Gasteiger partial charge in [0.15, 0.2) is 6.10 Å². The van der Waals surface area contributed by atoms with Crippen LogP contribution in [0.4, 0.5) is 4.79 Å². The van der Waals surface area contributed by atoms with E-state index in [0.29, 0.717) is 12.3 Å². The summed E-state index contributed by atoms with van der Waals surface area (Å²) in [6, 6.07) is 0. The molecule has 2 N–H and O–H groups in total. The maximum atomic E-state index is 12.8. The minimum atomic E-state index is -1.06. The first-order chi connectivity index (χ1) is 11.7. The number of aliphatic hydroxyl groups excluding tert-OH is 1. The maximum absolute atomic E-state index is 12.8. The highest BCUT2D eigenvalue weighted by atomic mass is 16.6. The predicted octanol–water partition coefficient (Wildman–Crippen LogP) is 4.22. The first-order valence-corrected chi connectivity index (χ1v) is 9.88. The Morgan fingerprint density at radius 1 is 1.12 bits per heavy atom. The maximum Gasteiger partial charge on any atom is 0.408 e. The van der Waals surface area contributed by atoms with Crippen molar-refractivity contribution in [2.24, 2.45) is 11.8 Å². The summed E-state index contributed by atoms with van der Waals surface area (Å²) in [6.45, 7) is 9.53. The number of alkyl carbamates (subject to hydrolysis) is 1. The fraction of sp³-hybridized carbons (Fsp3) is 0.900. The lowest BCUT2D eigenvalue weighted by Crippen LogP contribution is -2.46. The molecule has 0 saturated heterocycles. The van der Waals surface area contributed by atoms with E-state index in [9.17, 15) is 14.7 Å². The zero-order valence-electron chi connectivity index (χ0n) is 16.6. The monoisotopic (exact) mass is 355 g/mol. The second-order valence-electron chi connectivity index (χ2n) is 8.43.